The summed E-state index contributed by atoms with van der Waals surface area (Å²) in [6.07, 6.45) is 1.11. The first-order valence-electron chi connectivity index (χ1n) is 6.40. The Hall–Kier alpha value is -2.08. The largest absolute Gasteiger partial charge is 0.381 e. The fourth-order valence-corrected chi connectivity index (χ4v) is 2.57. The van der Waals surface area contributed by atoms with Crippen LogP contribution in [-0.2, 0) is 16.6 Å². The molecule has 0 aromatic heterocycles. The van der Waals surface area contributed by atoms with Crippen LogP contribution in [0, 0.1) is 12.7 Å². The quantitative estimate of drug-likeness (QED) is 0.892. The Kier molecular flexibility index (Phi) is 4.47. The third-order valence-electron chi connectivity index (χ3n) is 2.91. The molecule has 112 valence electrons. The third-order valence-corrected chi connectivity index (χ3v) is 3.50. The van der Waals surface area contributed by atoms with Crippen molar-refractivity contribution in [1.82, 2.24) is 0 Å². The summed E-state index contributed by atoms with van der Waals surface area (Å²) in [7, 11) is -3.28. The van der Waals surface area contributed by atoms with E-state index in [-0.39, 0.29) is 5.82 Å². The molecular formula is C15H17FN2O2S. The summed E-state index contributed by atoms with van der Waals surface area (Å²) in [5, 5.41) is 3.18. The van der Waals surface area contributed by atoms with Crippen LogP contribution in [-0.4, -0.2) is 14.7 Å². The lowest BCUT2D eigenvalue weighted by Gasteiger charge is -2.11. The topological polar surface area (TPSA) is 58.2 Å². The lowest BCUT2D eigenvalue weighted by molar-refractivity contribution is 0.606. The van der Waals surface area contributed by atoms with Gasteiger partial charge in [0.1, 0.15) is 5.82 Å². The van der Waals surface area contributed by atoms with E-state index in [1.54, 1.807) is 18.2 Å². The molecule has 2 N–H and O–H groups in total. The lowest BCUT2D eigenvalue weighted by atomic mass is 10.1. The van der Waals surface area contributed by atoms with Gasteiger partial charge in [0.15, 0.2) is 0 Å². The number of anilines is 2. The van der Waals surface area contributed by atoms with Gasteiger partial charge >= 0.3 is 0 Å². The summed E-state index contributed by atoms with van der Waals surface area (Å²) in [4.78, 5) is 0. The number of benzene rings is 2. The summed E-state index contributed by atoms with van der Waals surface area (Å²) in [5.74, 6) is -0.266. The van der Waals surface area contributed by atoms with Gasteiger partial charge in [0.2, 0.25) is 10.0 Å². The zero-order valence-electron chi connectivity index (χ0n) is 11.9. The van der Waals surface area contributed by atoms with Crippen LogP contribution < -0.4 is 10.0 Å². The van der Waals surface area contributed by atoms with Crippen LogP contribution in [0.1, 0.15) is 11.1 Å². The molecular weight excluding hydrogens is 291 g/mol. The van der Waals surface area contributed by atoms with Gasteiger partial charge in [-0.3, -0.25) is 4.72 Å². The summed E-state index contributed by atoms with van der Waals surface area (Å²) in [6.45, 7) is 2.32. The first-order chi connectivity index (χ1) is 9.83. The van der Waals surface area contributed by atoms with Crippen molar-refractivity contribution >= 4 is 21.4 Å². The highest BCUT2D eigenvalue weighted by Gasteiger charge is 2.05. The number of rotatable bonds is 5. The molecule has 0 aliphatic heterocycles. The Morgan fingerprint density at radius 3 is 2.52 bits per heavy atom. The highest BCUT2D eigenvalue weighted by molar-refractivity contribution is 7.92. The van der Waals surface area contributed by atoms with Crippen molar-refractivity contribution in [3.8, 4) is 0 Å². The molecule has 0 aliphatic carbocycles. The van der Waals surface area contributed by atoms with Gasteiger partial charge in [-0.15, -0.1) is 0 Å². The van der Waals surface area contributed by atoms with Crippen molar-refractivity contribution in [3.05, 3.63) is 59.4 Å². The van der Waals surface area contributed by atoms with E-state index in [4.69, 9.17) is 0 Å². The molecule has 0 fully saturated rings. The predicted molar refractivity (Wildman–Crippen MR) is 83.4 cm³/mol. The normalized spacial score (nSPS) is 11.2. The summed E-state index contributed by atoms with van der Waals surface area (Å²) in [5.41, 5.74) is 3.04. The second-order valence-corrected chi connectivity index (χ2v) is 6.64. The van der Waals surface area contributed by atoms with E-state index in [1.165, 1.54) is 12.1 Å². The Morgan fingerprint density at radius 1 is 1.14 bits per heavy atom. The maximum atomic E-state index is 13.1. The highest BCUT2D eigenvalue weighted by Crippen LogP contribution is 2.21. The average molecular weight is 308 g/mol. The van der Waals surface area contributed by atoms with Crippen LogP contribution in [0.4, 0.5) is 15.8 Å². The SMILES string of the molecule is Cc1cc(NCc2cccc(F)c2)ccc1NS(C)(=O)=O. The van der Waals surface area contributed by atoms with Crippen molar-refractivity contribution in [2.24, 2.45) is 0 Å². The van der Waals surface area contributed by atoms with E-state index >= 15 is 0 Å². The van der Waals surface area contributed by atoms with Crippen molar-refractivity contribution in [2.45, 2.75) is 13.5 Å². The van der Waals surface area contributed by atoms with E-state index in [0.717, 1.165) is 23.1 Å². The zero-order chi connectivity index (χ0) is 15.5. The smallest absolute Gasteiger partial charge is 0.229 e. The predicted octanol–water partition coefficient (Wildman–Crippen LogP) is 3.12. The van der Waals surface area contributed by atoms with Crippen LogP contribution in [0.15, 0.2) is 42.5 Å². The molecule has 0 spiro atoms. The van der Waals surface area contributed by atoms with E-state index < -0.39 is 10.0 Å². The van der Waals surface area contributed by atoms with Crippen molar-refractivity contribution in [2.75, 3.05) is 16.3 Å². The molecule has 21 heavy (non-hydrogen) atoms. The molecule has 0 unspecified atom stereocenters. The fourth-order valence-electron chi connectivity index (χ4n) is 1.94. The van der Waals surface area contributed by atoms with Gasteiger partial charge in [-0.2, -0.15) is 0 Å². The van der Waals surface area contributed by atoms with Gasteiger partial charge in [-0.25, -0.2) is 12.8 Å². The molecule has 0 bridgehead atoms. The molecule has 0 heterocycles. The van der Waals surface area contributed by atoms with Crippen LogP contribution >= 0.6 is 0 Å². The maximum Gasteiger partial charge on any atom is 0.229 e. The second kappa shape index (κ2) is 6.13. The standard InChI is InChI=1S/C15H17FN2O2S/c1-11-8-14(6-7-15(11)18-21(2,19)20)17-10-12-4-3-5-13(16)9-12/h3-9,17-18H,10H2,1-2H3. The first kappa shape index (κ1) is 15.3. The van der Waals surface area contributed by atoms with Gasteiger partial charge in [0, 0.05) is 12.2 Å². The number of hydrogen-bond acceptors (Lipinski definition) is 3. The van der Waals surface area contributed by atoms with Gasteiger partial charge in [0.05, 0.1) is 11.9 Å². The van der Waals surface area contributed by atoms with Gasteiger partial charge in [-0.1, -0.05) is 12.1 Å². The fraction of sp³-hybridized carbons (Fsp3) is 0.200. The minimum Gasteiger partial charge on any atom is -0.381 e. The lowest BCUT2D eigenvalue weighted by Crippen LogP contribution is -2.10. The molecule has 0 amide bonds. The molecule has 0 aliphatic rings. The average Bonchev–Trinajstić information content (AvgIpc) is 2.38. The number of halogens is 1. The van der Waals surface area contributed by atoms with Crippen LogP contribution in [0.3, 0.4) is 0 Å². The number of nitrogens with one attached hydrogen (secondary N) is 2. The van der Waals surface area contributed by atoms with Crippen LogP contribution in [0.5, 0.6) is 0 Å². The minimum absolute atomic E-state index is 0.266. The summed E-state index contributed by atoms with van der Waals surface area (Å²) in [6, 6.07) is 11.7. The first-order valence-corrected chi connectivity index (χ1v) is 8.29. The van der Waals surface area contributed by atoms with Gasteiger partial charge in [0.25, 0.3) is 0 Å². The Balaban J connectivity index is 2.07. The van der Waals surface area contributed by atoms with E-state index in [2.05, 4.69) is 10.0 Å². The third kappa shape index (κ3) is 4.75. The van der Waals surface area contributed by atoms with Gasteiger partial charge in [-0.05, 0) is 48.4 Å². The summed E-state index contributed by atoms with van der Waals surface area (Å²) >= 11 is 0. The Bertz CT molecular complexity index is 745. The molecule has 0 atom stereocenters. The molecule has 6 heteroatoms. The second-order valence-electron chi connectivity index (χ2n) is 4.89. The maximum absolute atomic E-state index is 13.1. The molecule has 0 saturated carbocycles. The van der Waals surface area contributed by atoms with Crippen LogP contribution in [0.2, 0.25) is 0 Å². The van der Waals surface area contributed by atoms with Gasteiger partial charge < -0.3 is 5.32 Å². The van der Waals surface area contributed by atoms with Crippen molar-refractivity contribution < 1.29 is 12.8 Å². The van der Waals surface area contributed by atoms with E-state index in [0.29, 0.717) is 12.2 Å². The Labute approximate surface area is 124 Å². The molecule has 2 aromatic carbocycles. The zero-order valence-corrected chi connectivity index (χ0v) is 12.7. The van der Waals surface area contributed by atoms with Crippen molar-refractivity contribution in [3.63, 3.8) is 0 Å². The minimum atomic E-state index is -3.28. The molecule has 2 rings (SSSR count). The van der Waals surface area contributed by atoms with Crippen molar-refractivity contribution in [1.29, 1.82) is 0 Å². The monoisotopic (exact) mass is 308 g/mol. The number of hydrogen-bond donors (Lipinski definition) is 2. The molecule has 0 radical (unpaired) electrons. The Morgan fingerprint density at radius 2 is 1.90 bits per heavy atom. The molecule has 4 nitrogen and oxygen atoms in total. The number of sulfonamides is 1. The van der Waals surface area contributed by atoms with Crippen LogP contribution in [0.25, 0.3) is 0 Å². The van der Waals surface area contributed by atoms with E-state index in [1.807, 2.05) is 19.1 Å². The number of aryl methyl sites for hydroxylation is 1. The molecule has 2 aromatic rings. The molecule has 0 saturated heterocycles. The highest BCUT2D eigenvalue weighted by atomic mass is 32.2. The summed E-state index contributed by atoms with van der Waals surface area (Å²) < 4.78 is 38.0. The van der Waals surface area contributed by atoms with E-state index in [9.17, 15) is 12.8 Å².